The number of aromatic nitrogens is 1. The molecule has 5 nitrogen and oxygen atoms in total. The van der Waals surface area contributed by atoms with Crippen molar-refractivity contribution < 1.29 is 9.53 Å². The van der Waals surface area contributed by atoms with Crippen LogP contribution in [0.1, 0.15) is 22.8 Å². The minimum Gasteiger partial charge on any atom is -0.497 e. The number of carbonyl (C=O) groups is 1. The molecule has 0 aliphatic heterocycles. The van der Waals surface area contributed by atoms with E-state index in [2.05, 4.69) is 47.2 Å². The summed E-state index contributed by atoms with van der Waals surface area (Å²) in [5.74, 6) is 1.29. The second-order valence-electron chi connectivity index (χ2n) is 6.17. The second-order valence-corrected chi connectivity index (χ2v) is 6.17. The van der Waals surface area contributed by atoms with Crippen LogP contribution in [0.25, 0.3) is 0 Å². The highest BCUT2D eigenvalue weighted by Gasteiger charge is 2.11. The predicted molar refractivity (Wildman–Crippen MR) is 109 cm³/mol. The van der Waals surface area contributed by atoms with Crippen molar-refractivity contribution in [2.75, 3.05) is 23.9 Å². The summed E-state index contributed by atoms with van der Waals surface area (Å²) in [7, 11) is 1.59. The number of benzene rings is 2. The first-order chi connectivity index (χ1) is 13.1. The molecular weight excluding hydrogens is 338 g/mol. The maximum Gasteiger partial charge on any atom is 0.257 e. The fourth-order valence-corrected chi connectivity index (χ4v) is 2.86. The van der Waals surface area contributed by atoms with Gasteiger partial charge in [-0.15, -0.1) is 0 Å². The summed E-state index contributed by atoms with van der Waals surface area (Å²) in [6.07, 6.45) is 1.60. The van der Waals surface area contributed by atoms with E-state index in [0.717, 1.165) is 18.1 Å². The van der Waals surface area contributed by atoms with Crippen LogP contribution in [0.2, 0.25) is 0 Å². The minimum atomic E-state index is -0.207. The Bertz CT molecular complexity index is 923. The molecule has 0 spiro atoms. The standard InChI is InChI=1S/C22H23N3O2/c1-4-25(19-9-5-7-16(2)13-19)21-12-11-17(15-23-21)22(26)24-18-8-6-10-20(14-18)27-3/h5-15H,4H2,1-3H3,(H,24,26). The number of nitrogens with zero attached hydrogens (tertiary/aromatic N) is 2. The first-order valence-electron chi connectivity index (χ1n) is 8.86. The van der Waals surface area contributed by atoms with Crippen LogP contribution in [0.5, 0.6) is 5.75 Å². The van der Waals surface area contributed by atoms with Gasteiger partial charge in [0, 0.05) is 30.2 Å². The number of hydrogen-bond acceptors (Lipinski definition) is 4. The zero-order valence-electron chi connectivity index (χ0n) is 15.8. The molecule has 0 aliphatic carbocycles. The first-order valence-corrected chi connectivity index (χ1v) is 8.86. The third-order valence-electron chi connectivity index (χ3n) is 4.24. The Hall–Kier alpha value is -3.34. The summed E-state index contributed by atoms with van der Waals surface area (Å²) in [5.41, 5.74) is 3.46. The molecule has 27 heavy (non-hydrogen) atoms. The predicted octanol–water partition coefficient (Wildman–Crippen LogP) is 4.81. The number of aryl methyl sites for hydroxylation is 1. The summed E-state index contributed by atoms with van der Waals surface area (Å²) in [6.45, 7) is 4.93. The van der Waals surface area contributed by atoms with E-state index in [-0.39, 0.29) is 5.91 Å². The maximum absolute atomic E-state index is 12.5. The van der Waals surface area contributed by atoms with E-state index >= 15 is 0 Å². The molecule has 0 saturated heterocycles. The van der Waals surface area contributed by atoms with Crippen molar-refractivity contribution in [3.63, 3.8) is 0 Å². The molecule has 1 heterocycles. The van der Waals surface area contributed by atoms with Gasteiger partial charge in [0.15, 0.2) is 0 Å². The number of anilines is 3. The Balaban J connectivity index is 1.76. The molecule has 3 aromatic rings. The molecule has 0 aliphatic rings. The van der Waals surface area contributed by atoms with E-state index in [1.165, 1.54) is 5.56 Å². The van der Waals surface area contributed by atoms with Crippen LogP contribution in [0.4, 0.5) is 17.2 Å². The molecule has 2 aromatic carbocycles. The lowest BCUT2D eigenvalue weighted by molar-refractivity contribution is 0.102. The van der Waals surface area contributed by atoms with Gasteiger partial charge in [-0.1, -0.05) is 18.2 Å². The molecule has 1 amide bonds. The highest BCUT2D eigenvalue weighted by Crippen LogP contribution is 2.24. The zero-order chi connectivity index (χ0) is 19.2. The van der Waals surface area contributed by atoms with E-state index in [0.29, 0.717) is 17.0 Å². The largest absolute Gasteiger partial charge is 0.497 e. The van der Waals surface area contributed by atoms with Gasteiger partial charge in [-0.25, -0.2) is 4.98 Å². The van der Waals surface area contributed by atoms with Crippen molar-refractivity contribution in [3.8, 4) is 5.75 Å². The Labute approximate surface area is 159 Å². The van der Waals surface area contributed by atoms with Crippen molar-refractivity contribution in [3.05, 3.63) is 78.0 Å². The maximum atomic E-state index is 12.5. The molecule has 0 saturated carbocycles. The van der Waals surface area contributed by atoms with Gasteiger partial charge < -0.3 is 15.0 Å². The number of hydrogen-bond donors (Lipinski definition) is 1. The molecule has 0 unspecified atom stereocenters. The number of amides is 1. The second kappa shape index (κ2) is 8.36. The fraction of sp³-hybridized carbons (Fsp3) is 0.182. The summed E-state index contributed by atoms with van der Waals surface area (Å²) in [6, 6.07) is 19.2. The zero-order valence-corrected chi connectivity index (χ0v) is 15.8. The molecule has 0 atom stereocenters. The van der Waals surface area contributed by atoms with Gasteiger partial charge >= 0.3 is 0 Å². The monoisotopic (exact) mass is 361 g/mol. The highest BCUT2D eigenvalue weighted by atomic mass is 16.5. The Morgan fingerprint density at radius 3 is 2.59 bits per heavy atom. The normalized spacial score (nSPS) is 10.3. The minimum absolute atomic E-state index is 0.207. The Morgan fingerprint density at radius 1 is 1.11 bits per heavy atom. The third kappa shape index (κ3) is 4.44. The van der Waals surface area contributed by atoms with Gasteiger partial charge in [0.25, 0.3) is 5.91 Å². The quantitative estimate of drug-likeness (QED) is 0.685. The number of methoxy groups -OCH3 is 1. The van der Waals surface area contributed by atoms with Gasteiger partial charge in [-0.05, 0) is 55.8 Å². The van der Waals surface area contributed by atoms with Crippen molar-refractivity contribution in [1.29, 1.82) is 0 Å². The molecule has 1 aromatic heterocycles. The van der Waals surface area contributed by atoms with Gasteiger partial charge in [0.1, 0.15) is 11.6 Å². The van der Waals surface area contributed by atoms with Crippen molar-refractivity contribution >= 4 is 23.1 Å². The van der Waals surface area contributed by atoms with Crippen LogP contribution < -0.4 is 15.0 Å². The van der Waals surface area contributed by atoms with E-state index in [1.54, 1.807) is 25.4 Å². The van der Waals surface area contributed by atoms with Crippen LogP contribution in [0, 0.1) is 6.92 Å². The van der Waals surface area contributed by atoms with Crippen molar-refractivity contribution in [2.45, 2.75) is 13.8 Å². The lowest BCUT2D eigenvalue weighted by atomic mass is 10.2. The SMILES string of the molecule is CCN(c1cccc(C)c1)c1ccc(C(=O)Nc2cccc(OC)c2)cn1. The van der Waals surface area contributed by atoms with E-state index in [9.17, 15) is 4.79 Å². The van der Waals surface area contributed by atoms with Crippen LogP contribution in [0.15, 0.2) is 66.9 Å². The number of pyridine rings is 1. The molecule has 0 fully saturated rings. The van der Waals surface area contributed by atoms with E-state index in [4.69, 9.17) is 4.74 Å². The topological polar surface area (TPSA) is 54.5 Å². The van der Waals surface area contributed by atoms with Crippen LogP contribution in [-0.4, -0.2) is 24.5 Å². The number of rotatable bonds is 6. The molecule has 0 bridgehead atoms. The van der Waals surface area contributed by atoms with Gasteiger partial charge in [-0.3, -0.25) is 4.79 Å². The van der Waals surface area contributed by atoms with Gasteiger partial charge in [0.05, 0.1) is 12.7 Å². The highest BCUT2D eigenvalue weighted by molar-refractivity contribution is 6.04. The molecule has 138 valence electrons. The van der Waals surface area contributed by atoms with Crippen LogP contribution in [0.3, 0.4) is 0 Å². The summed E-state index contributed by atoms with van der Waals surface area (Å²) < 4.78 is 5.18. The Kier molecular flexibility index (Phi) is 5.71. The molecular formula is C22H23N3O2. The number of nitrogens with one attached hydrogen (secondary N) is 1. The van der Waals surface area contributed by atoms with Crippen molar-refractivity contribution in [2.24, 2.45) is 0 Å². The molecule has 0 radical (unpaired) electrons. The molecule has 5 heteroatoms. The average Bonchev–Trinajstić information content (AvgIpc) is 2.69. The number of carbonyl (C=O) groups excluding carboxylic acids is 1. The van der Waals surface area contributed by atoms with Gasteiger partial charge in [-0.2, -0.15) is 0 Å². The van der Waals surface area contributed by atoms with E-state index < -0.39 is 0 Å². The number of ether oxygens (including phenoxy) is 1. The molecule has 3 rings (SSSR count). The third-order valence-corrected chi connectivity index (χ3v) is 4.24. The molecule has 1 N–H and O–H groups in total. The van der Waals surface area contributed by atoms with E-state index in [1.807, 2.05) is 30.3 Å². The first kappa shape index (κ1) is 18.5. The van der Waals surface area contributed by atoms with Crippen molar-refractivity contribution in [1.82, 2.24) is 4.98 Å². The lowest BCUT2D eigenvalue weighted by Crippen LogP contribution is -2.18. The average molecular weight is 361 g/mol. The van der Waals surface area contributed by atoms with Gasteiger partial charge in [0.2, 0.25) is 0 Å². The Morgan fingerprint density at radius 2 is 1.93 bits per heavy atom. The van der Waals surface area contributed by atoms with Crippen LogP contribution >= 0.6 is 0 Å². The summed E-state index contributed by atoms with van der Waals surface area (Å²) in [4.78, 5) is 19.1. The smallest absolute Gasteiger partial charge is 0.257 e. The van der Waals surface area contributed by atoms with Crippen LogP contribution in [-0.2, 0) is 0 Å². The fourth-order valence-electron chi connectivity index (χ4n) is 2.86. The summed E-state index contributed by atoms with van der Waals surface area (Å²) in [5, 5.41) is 2.86. The summed E-state index contributed by atoms with van der Waals surface area (Å²) >= 11 is 0. The lowest BCUT2D eigenvalue weighted by Gasteiger charge is -2.22.